The van der Waals surface area contributed by atoms with Gasteiger partial charge in [0.15, 0.2) is 5.71 Å². The number of hydrogen-bond acceptors (Lipinski definition) is 6. The molecule has 0 unspecified atom stereocenters. The Hall–Kier alpha value is -3.19. The van der Waals surface area contributed by atoms with Crippen LogP contribution in [0, 0.1) is 5.92 Å². The summed E-state index contributed by atoms with van der Waals surface area (Å²) >= 11 is 6.08. The first-order chi connectivity index (χ1) is 13.5. The molecular weight excluding hydrogens is 382 g/mol. The van der Waals surface area contributed by atoms with Gasteiger partial charge in [-0.05, 0) is 37.3 Å². The van der Waals surface area contributed by atoms with Crippen molar-refractivity contribution < 1.29 is 19.1 Å². The zero-order chi connectivity index (χ0) is 19.8. The molecule has 8 heteroatoms. The number of amides is 2. The number of para-hydroxylation sites is 1. The van der Waals surface area contributed by atoms with Gasteiger partial charge in [0.25, 0.3) is 5.91 Å². The molecule has 0 aliphatic carbocycles. The lowest BCUT2D eigenvalue weighted by Crippen LogP contribution is -2.39. The van der Waals surface area contributed by atoms with Crippen molar-refractivity contribution in [2.24, 2.45) is 11.0 Å². The standard InChI is InChI=1S/C20H16ClN3O4/c1-2-28-20(27)16-15-17(24(22-16)14-10-6-7-12(21)11-14)19(26)23(18(15)25)13-8-4-3-5-9-13/h3-11,15,17H,2H2,1H3/t15-,17-/m1/s1. The van der Waals surface area contributed by atoms with Gasteiger partial charge in [0.1, 0.15) is 12.0 Å². The van der Waals surface area contributed by atoms with Crippen molar-refractivity contribution in [3.63, 3.8) is 0 Å². The summed E-state index contributed by atoms with van der Waals surface area (Å²) in [5.74, 6) is -2.70. The number of ether oxygens (including phenoxy) is 1. The molecule has 2 aliphatic heterocycles. The van der Waals surface area contributed by atoms with Crippen molar-refractivity contribution >= 4 is 46.5 Å². The van der Waals surface area contributed by atoms with Crippen molar-refractivity contribution in [3.8, 4) is 0 Å². The van der Waals surface area contributed by atoms with Crippen LogP contribution in [0.3, 0.4) is 0 Å². The summed E-state index contributed by atoms with van der Waals surface area (Å²) in [7, 11) is 0. The highest BCUT2D eigenvalue weighted by molar-refractivity contribution is 6.47. The minimum Gasteiger partial charge on any atom is -0.461 e. The third-order valence-electron chi connectivity index (χ3n) is 4.62. The monoisotopic (exact) mass is 397 g/mol. The highest BCUT2D eigenvalue weighted by atomic mass is 35.5. The van der Waals surface area contributed by atoms with Crippen LogP contribution in [0.5, 0.6) is 0 Å². The molecule has 2 atom stereocenters. The fourth-order valence-corrected chi connectivity index (χ4v) is 3.64. The van der Waals surface area contributed by atoms with Crippen LogP contribution < -0.4 is 9.91 Å². The van der Waals surface area contributed by atoms with Crippen molar-refractivity contribution in [3.05, 3.63) is 59.6 Å². The van der Waals surface area contributed by atoms with E-state index < -0.39 is 29.7 Å². The Kier molecular flexibility index (Phi) is 4.60. The molecule has 2 aromatic rings. The second-order valence-electron chi connectivity index (χ2n) is 6.30. The molecule has 0 saturated carbocycles. The first-order valence-electron chi connectivity index (χ1n) is 8.76. The molecule has 142 valence electrons. The van der Waals surface area contributed by atoms with Crippen LogP contribution in [0.2, 0.25) is 5.02 Å². The van der Waals surface area contributed by atoms with E-state index >= 15 is 0 Å². The van der Waals surface area contributed by atoms with Crippen LogP contribution in [0.1, 0.15) is 6.92 Å². The van der Waals surface area contributed by atoms with E-state index in [-0.39, 0.29) is 12.3 Å². The number of rotatable bonds is 4. The van der Waals surface area contributed by atoms with Gasteiger partial charge in [0.2, 0.25) is 5.91 Å². The van der Waals surface area contributed by atoms with E-state index in [9.17, 15) is 14.4 Å². The number of hydrogen-bond donors (Lipinski definition) is 0. The van der Waals surface area contributed by atoms with Gasteiger partial charge in [0.05, 0.1) is 18.0 Å². The molecule has 1 fully saturated rings. The fourth-order valence-electron chi connectivity index (χ4n) is 3.45. The lowest BCUT2D eigenvalue weighted by Gasteiger charge is -2.22. The number of esters is 1. The highest BCUT2D eigenvalue weighted by Crippen LogP contribution is 2.38. The zero-order valence-corrected chi connectivity index (χ0v) is 15.7. The molecule has 28 heavy (non-hydrogen) atoms. The van der Waals surface area contributed by atoms with E-state index in [4.69, 9.17) is 16.3 Å². The number of carbonyl (C=O) groups is 3. The van der Waals surface area contributed by atoms with Crippen molar-refractivity contribution in [1.82, 2.24) is 0 Å². The Balaban J connectivity index is 1.80. The first-order valence-corrected chi connectivity index (χ1v) is 9.14. The Morgan fingerprint density at radius 3 is 2.46 bits per heavy atom. The molecule has 0 spiro atoms. The predicted octanol–water partition coefficient (Wildman–Crippen LogP) is 2.64. The van der Waals surface area contributed by atoms with E-state index in [0.717, 1.165) is 4.90 Å². The van der Waals surface area contributed by atoms with Crippen LogP contribution in [0.4, 0.5) is 11.4 Å². The third kappa shape index (κ3) is 2.84. The van der Waals surface area contributed by atoms with Gasteiger partial charge in [-0.2, -0.15) is 5.10 Å². The van der Waals surface area contributed by atoms with Crippen molar-refractivity contribution in [2.75, 3.05) is 16.5 Å². The van der Waals surface area contributed by atoms with Crippen LogP contribution >= 0.6 is 11.6 Å². The average Bonchev–Trinajstić information content (AvgIpc) is 3.20. The summed E-state index contributed by atoms with van der Waals surface area (Å²) in [6.45, 7) is 1.80. The second-order valence-corrected chi connectivity index (χ2v) is 6.74. The van der Waals surface area contributed by atoms with Crippen LogP contribution in [0.25, 0.3) is 0 Å². The number of hydrazone groups is 1. The maximum atomic E-state index is 13.2. The highest BCUT2D eigenvalue weighted by Gasteiger charge is 2.59. The summed E-state index contributed by atoms with van der Waals surface area (Å²) in [5, 5.41) is 6.11. The summed E-state index contributed by atoms with van der Waals surface area (Å²) in [6, 6.07) is 14.4. The molecule has 0 bridgehead atoms. The average molecular weight is 398 g/mol. The summed E-state index contributed by atoms with van der Waals surface area (Å²) in [4.78, 5) is 39.9. The largest absolute Gasteiger partial charge is 0.461 e. The maximum Gasteiger partial charge on any atom is 0.355 e. The second kappa shape index (κ2) is 7.09. The van der Waals surface area contributed by atoms with E-state index in [1.165, 1.54) is 5.01 Å². The lowest BCUT2D eigenvalue weighted by molar-refractivity contribution is -0.136. The molecule has 2 heterocycles. The molecule has 0 aromatic heterocycles. The molecule has 0 N–H and O–H groups in total. The Labute approximate surface area is 166 Å². The molecule has 0 radical (unpaired) electrons. The first kappa shape index (κ1) is 18.2. The van der Waals surface area contributed by atoms with E-state index in [1.807, 2.05) is 0 Å². The summed E-state index contributed by atoms with van der Waals surface area (Å²) < 4.78 is 5.06. The number of halogens is 1. The maximum absolute atomic E-state index is 13.2. The summed E-state index contributed by atoms with van der Waals surface area (Å²) in [6.07, 6.45) is 0. The Bertz CT molecular complexity index is 992. The third-order valence-corrected chi connectivity index (χ3v) is 4.86. The smallest absolute Gasteiger partial charge is 0.355 e. The molecule has 2 amide bonds. The lowest BCUT2D eigenvalue weighted by atomic mass is 9.98. The number of carbonyl (C=O) groups excluding carboxylic acids is 3. The van der Waals surface area contributed by atoms with Gasteiger partial charge in [-0.15, -0.1) is 0 Å². The quantitative estimate of drug-likeness (QED) is 0.585. The van der Waals surface area contributed by atoms with Gasteiger partial charge in [0, 0.05) is 5.02 Å². The van der Waals surface area contributed by atoms with E-state index in [0.29, 0.717) is 16.4 Å². The number of benzene rings is 2. The number of imide groups is 1. The van der Waals surface area contributed by atoms with Gasteiger partial charge < -0.3 is 4.74 Å². The molecular formula is C20H16ClN3O4. The van der Waals surface area contributed by atoms with Crippen LogP contribution in [-0.2, 0) is 19.1 Å². The molecule has 4 rings (SSSR count). The zero-order valence-electron chi connectivity index (χ0n) is 14.9. The van der Waals surface area contributed by atoms with Crippen molar-refractivity contribution in [2.45, 2.75) is 13.0 Å². The van der Waals surface area contributed by atoms with Gasteiger partial charge in [-0.25, -0.2) is 9.69 Å². The number of fused-ring (bicyclic) bond motifs is 1. The minimum atomic E-state index is -1.04. The molecule has 1 saturated heterocycles. The SMILES string of the molecule is CCOC(=O)C1=NN(c2cccc(Cl)c2)[C@H]2C(=O)N(c3ccccc3)C(=O)[C@H]12. The normalized spacial score (nSPS) is 21.0. The molecule has 2 aromatic carbocycles. The van der Waals surface area contributed by atoms with Gasteiger partial charge >= 0.3 is 5.97 Å². The van der Waals surface area contributed by atoms with Gasteiger partial charge in [-0.1, -0.05) is 35.9 Å². The predicted molar refractivity (Wildman–Crippen MR) is 104 cm³/mol. The Morgan fingerprint density at radius 2 is 1.79 bits per heavy atom. The van der Waals surface area contributed by atoms with E-state index in [1.54, 1.807) is 61.5 Å². The topological polar surface area (TPSA) is 79.3 Å². The summed E-state index contributed by atoms with van der Waals surface area (Å²) in [5.41, 5.74) is 0.877. The van der Waals surface area contributed by atoms with Gasteiger partial charge in [-0.3, -0.25) is 14.6 Å². The van der Waals surface area contributed by atoms with Crippen LogP contribution in [0.15, 0.2) is 59.7 Å². The number of anilines is 2. The minimum absolute atomic E-state index is 0.0800. The van der Waals surface area contributed by atoms with Crippen molar-refractivity contribution in [1.29, 1.82) is 0 Å². The molecule has 2 aliphatic rings. The van der Waals surface area contributed by atoms with E-state index in [2.05, 4.69) is 5.10 Å². The fraction of sp³-hybridized carbons (Fsp3) is 0.200. The molecule has 7 nitrogen and oxygen atoms in total. The Morgan fingerprint density at radius 1 is 1.07 bits per heavy atom. The van der Waals surface area contributed by atoms with Crippen LogP contribution in [-0.4, -0.2) is 36.1 Å². The number of nitrogens with zero attached hydrogens (tertiary/aromatic N) is 3.